The Kier molecular flexibility index (Phi) is 2.20. The van der Waals surface area contributed by atoms with Gasteiger partial charge >= 0.3 is 0 Å². The first-order valence-corrected chi connectivity index (χ1v) is 7.22. The van der Waals surface area contributed by atoms with E-state index >= 15 is 0 Å². The molecule has 0 amide bonds. The fraction of sp³-hybridized carbons (Fsp3) is 0.600. The van der Waals surface area contributed by atoms with E-state index in [2.05, 4.69) is 17.4 Å². The average Bonchev–Trinajstić information content (AvgIpc) is 3.01. The van der Waals surface area contributed by atoms with Crippen LogP contribution in [0.5, 0.6) is 0 Å². The highest BCUT2D eigenvalue weighted by atomic mass is 35.5. The summed E-state index contributed by atoms with van der Waals surface area (Å²) in [5.74, 6) is 3.67. The van der Waals surface area contributed by atoms with Gasteiger partial charge in [0, 0.05) is 23.2 Å². The number of benzene rings is 1. The molecular weight excluding hydrogens is 230 g/mol. The molecule has 2 bridgehead atoms. The molecular formula is C15H18ClN. The van der Waals surface area contributed by atoms with Crippen molar-refractivity contribution >= 4 is 17.3 Å². The molecule has 2 heteroatoms. The van der Waals surface area contributed by atoms with Crippen LogP contribution in [0, 0.1) is 17.8 Å². The molecule has 2 aliphatic carbocycles. The fourth-order valence-corrected chi connectivity index (χ4v) is 4.68. The molecule has 2 fully saturated rings. The van der Waals surface area contributed by atoms with Gasteiger partial charge in [-0.05, 0) is 60.8 Å². The largest absolute Gasteiger partial charge is 0.384 e. The van der Waals surface area contributed by atoms with Gasteiger partial charge in [-0.15, -0.1) is 0 Å². The zero-order valence-corrected chi connectivity index (χ0v) is 10.7. The molecule has 90 valence electrons. The van der Waals surface area contributed by atoms with E-state index in [1.165, 1.54) is 36.9 Å². The van der Waals surface area contributed by atoms with E-state index in [4.69, 9.17) is 11.6 Å². The first-order chi connectivity index (χ1) is 8.31. The van der Waals surface area contributed by atoms with Crippen molar-refractivity contribution in [2.45, 2.75) is 31.6 Å². The summed E-state index contributed by atoms with van der Waals surface area (Å²) in [7, 11) is 0. The van der Waals surface area contributed by atoms with E-state index in [0.29, 0.717) is 0 Å². The normalized spacial score (nSPS) is 38.2. The first-order valence-electron chi connectivity index (χ1n) is 6.84. The third-order valence-corrected chi connectivity index (χ3v) is 5.47. The molecule has 1 nitrogen and oxygen atoms in total. The zero-order chi connectivity index (χ0) is 11.4. The number of hydrogen-bond acceptors (Lipinski definition) is 1. The molecule has 17 heavy (non-hydrogen) atoms. The van der Waals surface area contributed by atoms with Gasteiger partial charge < -0.3 is 5.32 Å². The average molecular weight is 248 g/mol. The predicted molar refractivity (Wildman–Crippen MR) is 71.6 cm³/mol. The van der Waals surface area contributed by atoms with Crippen LogP contribution >= 0.6 is 11.6 Å². The number of nitrogens with one attached hydrogen (secondary N) is 1. The van der Waals surface area contributed by atoms with Crippen LogP contribution in [0.2, 0.25) is 5.02 Å². The van der Waals surface area contributed by atoms with Crippen molar-refractivity contribution in [1.29, 1.82) is 0 Å². The summed E-state index contributed by atoms with van der Waals surface area (Å²) in [6.45, 7) is 1.13. The molecule has 2 saturated carbocycles. The van der Waals surface area contributed by atoms with Crippen molar-refractivity contribution in [3.8, 4) is 0 Å². The van der Waals surface area contributed by atoms with Gasteiger partial charge in [0.25, 0.3) is 0 Å². The van der Waals surface area contributed by atoms with Gasteiger partial charge in [0.2, 0.25) is 0 Å². The molecule has 4 unspecified atom stereocenters. The molecule has 4 rings (SSSR count). The monoisotopic (exact) mass is 247 g/mol. The second-order valence-electron chi connectivity index (χ2n) is 6.06. The van der Waals surface area contributed by atoms with E-state index < -0.39 is 0 Å². The van der Waals surface area contributed by atoms with Crippen LogP contribution in [0.15, 0.2) is 18.2 Å². The summed E-state index contributed by atoms with van der Waals surface area (Å²) >= 11 is 6.15. The number of fused-ring (bicyclic) bond motifs is 3. The Balaban J connectivity index is 1.67. The van der Waals surface area contributed by atoms with E-state index in [1.807, 2.05) is 6.07 Å². The predicted octanol–water partition coefficient (Wildman–Crippen LogP) is 4.29. The van der Waals surface area contributed by atoms with Gasteiger partial charge in [0.1, 0.15) is 0 Å². The Morgan fingerprint density at radius 3 is 2.88 bits per heavy atom. The zero-order valence-electron chi connectivity index (χ0n) is 9.95. The second kappa shape index (κ2) is 3.65. The second-order valence-corrected chi connectivity index (χ2v) is 6.49. The minimum absolute atomic E-state index is 0.721. The van der Waals surface area contributed by atoms with Crippen LogP contribution in [-0.2, 0) is 0 Å². The Bertz CT molecular complexity index is 456. The Morgan fingerprint density at radius 2 is 2.12 bits per heavy atom. The van der Waals surface area contributed by atoms with Crippen molar-refractivity contribution < 1.29 is 0 Å². The fourth-order valence-electron chi connectivity index (χ4n) is 4.50. The standard InChI is InChI=1S/C15H18ClN/c16-11-3-4-15-13(7-11)14(8-17-15)12-6-9-1-2-10(12)5-9/h3-4,7,9-10,12,14,17H,1-2,5-6,8H2. The maximum Gasteiger partial charge on any atom is 0.0410 e. The van der Waals surface area contributed by atoms with Crippen LogP contribution < -0.4 is 5.32 Å². The Hall–Kier alpha value is -0.690. The Morgan fingerprint density at radius 1 is 1.18 bits per heavy atom. The van der Waals surface area contributed by atoms with Crippen LogP contribution in [0.25, 0.3) is 0 Å². The molecule has 0 saturated heterocycles. The van der Waals surface area contributed by atoms with Crippen molar-refractivity contribution in [2.75, 3.05) is 11.9 Å². The molecule has 4 atom stereocenters. The van der Waals surface area contributed by atoms with E-state index in [1.54, 1.807) is 0 Å². The molecule has 0 spiro atoms. The first kappa shape index (κ1) is 10.3. The number of rotatable bonds is 1. The molecule has 1 aromatic carbocycles. The minimum Gasteiger partial charge on any atom is -0.384 e. The summed E-state index contributed by atoms with van der Waals surface area (Å²) in [6.07, 6.45) is 5.92. The van der Waals surface area contributed by atoms with Crippen LogP contribution in [-0.4, -0.2) is 6.54 Å². The van der Waals surface area contributed by atoms with Gasteiger partial charge in [-0.1, -0.05) is 18.0 Å². The third-order valence-electron chi connectivity index (χ3n) is 5.24. The Labute approximate surface area is 108 Å². The van der Waals surface area contributed by atoms with Gasteiger partial charge in [0.05, 0.1) is 0 Å². The molecule has 1 N–H and O–H groups in total. The van der Waals surface area contributed by atoms with Crippen molar-refractivity contribution in [1.82, 2.24) is 0 Å². The summed E-state index contributed by atoms with van der Waals surface area (Å²) < 4.78 is 0. The topological polar surface area (TPSA) is 12.0 Å². The highest BCUT2D eigenvalue weighted by molar-refractivity contribution is 6.30. The maximum atomic E-state index is 6.15. The quantitative estimate of drug-likeness (QED) is 0.781. The number of anilines is 1. The van der Waals surface area contributed by atoms with E-state index in [0.717, 1.165) is 35.2 Å². The molecule has 1 aromatic rings. The summed E-state index contributed by atoms with van der Waals surface area (Å²) in [6, 6.07) is 6.33. The number of hydrogen-bond donors (Lipinski definition) is 1. The van der Waals surface area contributed by atoms with Crippen LogP contribution in [0.3, 0.4) is 0 Å². The lowest BCUT2D eigenvalue weighted by atomic mass is 9.77. The van der Waals surface area contributed by atoms with Gasteiger partial charge in [-0.3, -0.25) is 0 Å². The van der Waals surface area contributed by atoms with Gasteiger partial charge in [-0.25, -0.2) is 0 Å². The maximum absolute atomic E-state index is 6.15. The molecule has 0 radical (unpaired) electrons. The molecule has 3 aliphatic rings. The lowest BCUT2D eigenvalue weighted by Gasteiger charge is -2.27. The highest BCUT2D eigenvalue weighted by Gasteiger charge is 2.44. The molecule has 0 aromatic heterocycles. The summed E-state index contributed by atoms with van der Waals surface area (Å²) in [4.78, 5) is 0. The van der Waals surface area contributed by atoms with Gasteiger partial charge in [-0.2, -0.15) is 0 Å². The lowest BCUT2D eigenvalue weighted by Crippen LogP contribution is -2.20. The SMILES string of the molecule is Clc1ccc2c(c1)C(C1CC3CCC1C3)CN2. The minimum atomic E-state index is 0.721. The third kappa shape index (κ3) is 1.52. The molecule has 1 aliphatic heterocycles. The van der Waals surface area contributed by atoms with Crippen molar-refractivity contribution in [3.05, 3.63) is 28.8 Å². The smallest absolute Gasteiger partial charge is 0.0410 e. The van der Waals surface area contributed by atoms with E-state index in [9.17, 15) is 0 Å². The number of halogens is 1. The lowest BCUT2D eigenvalue weighted by molar-refractivity contribution is 0.292. The van der Waals surface area contributed by atoms with Crippen molar-refractivity contribution in [3.63, 3.8) is 0 Å². The van der Waals surface area contributed by atoms with Crippen molar-refractivity contribution in [2.24, 2.45) is 17.8 Å². The highest BCUT2D eigenvalue weighted by Crippen LogP contribution is 2.55. The van der Waals surface area contributed by atoms with E-state index in [-0.39, 0.29) is 0 Å². The summed E-state index contributed by atoms with van der Waals surface area (Å²) in [5.41, 5.74) is 2.80. The van der Waals surface area contributed by atoms with Gasteiger partial charge in [0.15, 0.2) is 0 Å². The van der Waals surface area contributed by atoms with Crippen LogP contribution in [0.1, 0.15) is 37.2 Å². The summed E-state index contributed by atoms with van der Waals surface area (Å²) in [5, 5.41) is 4.44. The molecule has 1 heterocycles. The van der Waals surface area contributed by atoms with Crippen LogP contribution in [0.4, 0.5) is 5.69 Å².